The van der Waals surface area contributed by atoms with E-state index < -0.39 is 0 Å². The molecular formula is C14H16N2O. The molecule has 17 heavy (non-hydrogen) atoms. The summed E-state index contributed by atoms with van der Waals surface area (Å²) in [5.41, 5.74) is 1.76. The van der Waals surface area contributed by atoms with Crippen LogP contribution in [0.25, 0.3) is 10.9 Å². The monoisotopic (exact) mass is 228 g/mol. The molecule has 1 amide bonds. The van der Waals surface area contributed by atoms with E-state index in [2.05, 4.69) is 10.3 Å². The van der Waals surface area contributed by atoms with Gasteiger partial charge in [-0.25, -0.2) is 0 Å². The lowest BCUT2D eigenvalue weighted by Crippen LogP contribution is -2.25. The Balaban J connectivity index is 2.11. The van der Waals surface area contributed by atoms with Crippen LogP contribution in [-0.4, -0.2) is 17.4 Å². The van der Waals surface area contributed by atoms with E-state index in [1.807, 2.05) is 43.3 Å². The number of hydrogen-bond acceptors (Lipinski definition) is 2. The zero-order valence-corrected chi connectivity index (χ0v) is 9.94. The summed E-state index contributed by atoms with van der Waals surface area (Å²) >= 11 is 0. The van der Waals surface area contributed by atoms with Crippen LogP contribution in [0.3, 0.4) is 0 Å². The number of benzene rings is 1. The molecule has 1 heterocycles. The minimum Gasteiger partial charge on any atom is -0.356 e. The van der Waals surface area contributed by atoms with Gasteiger partial charge in [0.1, 0.15) is 0 Å². The van der Waals surface area contributed by atoms with Crippen molar-refractivity contribution >= 4 is 16.8 Å². The smallest absolute Gasteiger partial charge is 0.226 e. The zero-order chi connectivity index (χ0) is 12.1. The van der Waals surface area contributed by atoms with Gasteiger partial charge in [0, 0.05) is 11.9 Å². The van der Waals surface area contributed by atoms with E-state index in [1.165, 1.54) is 0 Å². The highest BCUT2D eigenvalue weighted by Crippen LogP contribution is 2.11. The predicted octanol–water partition coefficient (Wildman–Crippen LogP) is 2.30. The maximum Gasteiger partial charge on any atom is 0.226 e. The number of pyridine rings is 1. The highest BCUT2D eigenvalue weighted by molar-refractivity contribution is 5.81. The summed E-state index contributed by atoms with van der Waals surface area (Å²) in [5.74, 6) is 0.0367. The number of nitrogens with one attached hydrogen (secondary N) is 1. The van der Waals surface area contributed by atoms with E-state index in [0.717, 1.165) is 29.6 Å². The fourth-order valence-electron chi connectivity index (χ4n) is 1.70. The molecule has 0 aliphatic carbocycles. The Morgan fingerprint density at radius 2 is 2.06 bits per heavy atom. The van der Waals surface area contributed by atoms with E-state index in [4.69, 9.17) is 0 Å². The van der Waals surface area contributed by atoms with Crippen LogP contribution in [-0.2, 0) is 11.2 Å². The second kappa shape index (κ2) is 5.43. The lowest BCUT2D eigenvalue weighted by atomic mass is 10.2. The van der Waals surface area contributed by atoms with Crippen molar-refractivity contribution in [1.29, 1.82) is 0 Å². The second-order valence-corrected chi connectivity index (χ2v) is 4.02. The summed E-state index contributed by atoms with van der Waals surface area (Å²) in [6.45, 7) is 2.76. The molecule has 0 radical (unpaired) electrons. The standard InChI is InChI=1S/C14H16N2O/c1-2-9-15-14(17)10-12-8-7-11-5-3-4-6-13(11)16-12/h3-8H,2,9-10H2,1H3,(H,15,17). The SMILES string of the molecule is CCCNC(=O)Cc1ccc2ccccc2n1. The topological polar surface area (TPSA) is 42.0 Å². The fraction of sp³-hybridized carbons (Fsp3) is 0.286. The Kier molecular flexibility index (Phi) is 3.70. The second-order valence-electron chi connectivity index (χ2n) is 4.02. The largest absolute Gasteiger partial charge is 0.356 e. The van der Waals surface area contributed by atoms with Gasteiger partial charge in [-0.15, -0.1) is 0 Å². The highest BCUT2D eigenvalue weighted by atomic mass is 16.1. The molecule has 0 aliphatic heterocycles. The first-order valence-electron chi connectivity index (χ1n) is 5.91. The van der Waals surface area contributed by atoms with Crippen molar-refractivity contribution in [3.63, 3.8) is 0 Å². The molecule has 0 atom stereocenters. The van der Waals surface area contributed by atoms with E-state index >= 15 is 0 Å². The Hall–Kier alpha value is -1.90. The van der Waals surface area contributed by atoms with Crippen molar-refractivity contribution in [3.05, 3.63) is 42.1 Å². The van der Waals surface area contributed by atoms with Gasteiger partial charge >= 0.3 is 0 Å². The minimum absolute atomic E-state index is 0.0367. The Morgan fingerprint density at radius 3 is 2.88 bits per heavy atom. The number of para-hydroxylation sites is 1. The van der Waals surface area contributed by atoms with E-state index in [1.54, 1.807) is 0 Å². The molecule has 2 aromatic rings. The summed E-state index contributed by atoms with van der Waals surface area (Å²) in [7, 11) is 0. The number of hydrogen-bond donors (Lipinski definition) is 1. The molecule has 88 valence electrons. The molecular weight excluding hydrogens is 212 g/mol. The molecule has 3 heteroatoms. The number of aromatic nitrogens is 1. The number of carbonyl (C=O) groups is 1. The van der Waals surface area contributed by atoms with E-state index in [-0.39, 0.29) is 5.91 Å². The van der Waals surface area contributed by atoms with Crippen molar-refractivity contribution in [2.75, 3.05) is 6.54 Å². The molecule has 0 saturated heterocycles. The molecule has 0 unspecified atom stereocenters. The van der Waals surface area contributed by atoms with Gasteiger partial charge in [-0.3, -0.25) is 9.78 Å². The van der Waals surface area contributed by atoms with Gasteiger partial charge < -0.3 is 5.32 Å². The Morgan fingerprint density at radius 1 is 1.24 bits per heavy atom. The third kappa shape index (κ3) is 3.03. The van der Waals surface area contributed by atoms with Crippen LogP contribution in [0, 0.1) is 0 Å². The van der Waals surface area contributed by atoms with Gasteiger partial charge in [-0.1, -0.05) is 31.2 Å². The lowest BCUT2D eigenvalue weighted by Gasteiger charge is -2.04. The van der Waals surface area contributed by atoms with Gasteiger partial charge in [0.15, 0.2) is 0 Å². The highest BCUT2D eigenvalue weighted by Gasteiger charge is 2.04. The lowest BCUT2D eigenvalue weighted by molar-refractivity contribution is -0.120. The van der Waals surface area contributed by atoms with Crippen LogP contribution < -0.4 is 5.32 Å². The van der Waals surface area contributed by atoms with Gasteiger partial charge in [-0.05, 0) is 18.6 Å². The van der Waals surface area contributed by atoms with Crippen LogP contribution in [0.15, 0.2) is 36.4 Å². The maximum absolute atomic E-state index is 11.6. The van der Waals surface area contributed by atoms with Crippen molar-refractivity contribution in [3.8, 4) is 0 Å². The summed E-state index contributed by atoms with van der Waals surface area (Å²) < 4.78 is 0. The molecule has 3 nitrogen and oxygen atoms in total. The van der Waals surface area contributed by atoms with Crippen LogP contribution in [0.1, 0.15) is 19.0 Å². The first-order chi connectivity index (χ1) is 8.29. The first-order valence-corrected chi connectivity index (χ1v) is 5.91. The predicted molar refractivity (Wildman–Crippen MR) is 68.7 cm³/mol. The molecule has 0 aliphatic rings. The first kappa shape index (κ1) is 11.6. The van der Waals surface area contributed by atoms with Crippen LogP contribution in [0.2, 0.25) is 0 Å². The molecule has 0 spiro atoms. The van der Waals surface area contributed by atoms with Crippen LogP contribution in [0.5, 0.6) is 0 Å². The molecule has 1 N–H and O–H groups in total. The number of fused-ring (bicyclic) bond motifs is 1. The number of amides is 1. The third-order valence-electron chi connectivity index (χ3n) is 2.57. The Bertz CT molecular complexity index is 522. The van der Waals surface area contributed by atoms with Crippen molar-refractivity contribution in [2.24, 2.45) is 0 Å². The average molecular weight is 228 g/mol. The van der Waals surface area contributed by atoms with Crippen LogP contribution in [0.4, 0.5) is 0 Å². The zero-order valence-electron chi connectivity index (χ0n) is 9.94. The molecule has 1 aromatic heterocycles. The fourth-order valence-corrected chi connectivity index (χ4v) is 1.70. The molecule has 2 rings (SSSR count). The number of carbonyl (C=O) groups excluding carboxylic acids is 1. The molecule has 0 saturated carbocycles. The van der Waals surface area contributed by atoms with E-state index in [9.17, 15) is 4.79 Å². The normalized spacial score (nSPS) is 10.4. The van der Waals surface area contributed by atoms with Gasteiger partial charge in [0.2, 0.25) is 5.91 Å². The van der Waals surface area contributed by atoms with Crippen molar-refractivity contribution in [2.45, 2.75) is 19.8 Å². The quantitative estimate of drug-likeness (QED) is 0.872. The minimum atomic E-state index is 0.0367. The van der Waals surface area contributed by atoms with Crippen LogP contribution >= 0.6 is 0 Å². The van der Waals surface area contributed by atoms with Gasteiger partial charge in [-0.2, -0.15) is 0 Å². The molecule has 0 bridgehead atoms. The summed E-state index contributed by atoms with van der Waals surface area (Å²) in [5, 5.41) is 3.95. The van der Waals surface area contributed by atoms with Gasteiger partial charge in [0.25, 0.3) is 0 Å². The van der Waals surface area contributed by atoms with Crippen molar-refractivity contribution in [1.82, 2.24) is 10.3 Å². The number of rotatable bonds is 4. The number of nitrogens with zero attached hydrogens (tertiary/aromatic N) is 1. The summed E-state index contributed by atoms with van der Waals surface area (Å²) in [4.78, 5) is 16.0. The van der Waals surface area contributed by atoms with E-state index in [0.29, 0.717) is 6.42 Å². The molecule has 1 aromatic carbocycles. The summed E-state index contributed by atoms with van der Waals surface area (Å²) in [6.07, 6.45) is 1.31. The van der Waals surface area contributed by atoms with Gasteiger partial charge in [0.05, 0.1) is 17.6 Å². The average Bonchev–Trinajstić information content (AvgIpc) is 2.36. The molecule has 0 fully saturated rings. The third-order valence-corrected chi connectivity index (χ3v) is 2.57. The Labute approximate surface area is 101 Å². The summed E-state index contributed by atoms with van der Waals surface area (Å²) in [6, 6.07) is 11.8. The maximum atomic E-state index is 11.6. The van der Waals surface area contributed by atoms with Crippen molar-refractivity contribution < 1.29 is 4.79 Å².